The van der Waals surface area contributed by atoms with Crippen LogP contribution in [0.2, 0.25) is 10.0 Å². The van der Waals surface area contributed by atoms with Gasteiger partial charge in [-0.05, 0) is 61.0 Å². The van der Waals surface area contributed by atoms with Crippen molar-refractivity contribution in [1.82, 2.24) is 0 Å². The lowest BCUT2D eigenvalue weighted by molar-refractivity contribution is -0.147. The minimum absolute atomic E-state index is 0.0952. The molecule has 2 N–H and O–H groups in total. The Hall–Kier alpha value is -3.55. The highest BCUT2D eigenvalue weighted by Crippen LogP contribution is 2.26. The van der Waals surface area contributed by atoms with Crippen LogP contribution in [0.4, 0.5) is 11.4 Å². The number of esters is 1. The maximum atomic E-state index is 12.1. The van der Waals surface area contributed by atoms with E-state index >= 15 is 0 Å². The summed E-state index contributed by atoms with van der Waals surface area (Å²) in [5, 5.41) is 5.91. The molecule has 9 heteroatoms. The van der Waals surface area contributed by atoms with Gasteiger partial charge in [-0.3, -0.25) is 14.4 Å². The van der Waals surface area contributed by atoms with E-state index in [4.69, 9.17) is 32.7 Å². The van der Waals surface area contributed by atoms with Crippen LogP contribution in [0.1, 0.15) is 18.4 Å². The number of hydrogen-bond acceptors (Lipinski definition) is 5. The molecule has 3 aromatic rings. The highest BCUT2D eigenvalue weighted by atomic mass is 35.5. The molecule has 0 aliphatic rings. The monoisotopic (exact) mass is 500 g/mol. The molecular weight excluding hydrogens is 479 g/mol. The number of aryl methyl sites for hydroxylation is 1. The molecule has 176 valence electrons. The van der Waals surface area contributed by atoms with Crippen LogP contribution >= 0.6 is 23.2 Å². The number of amides is 2. The molecule has 0 atom stereocenters. The summed E-state index contributed by atoms with van der Waals surface area (Å²) in [6.07, 6.45) is -0.270. The number of nitrogens with one attached hydrogen (secondary N) is 2. The molecule has 3 aromatic carbocycles. The topological polar surface area (TPSA) is 93.7 Å². The van der Waals surface area contributed by atoms with Crippen molar-refractivity contribution in [2.24, 2.45) is 0 Å². The third-order valence-electron chi connectivity index (χ3n) is 4.58. The van der Waals surface area contributed by atoms with Gasteiger partial charge in [-0.15, -0.1) is 0 Å². The predicted molar refractivity (Wildman–Crippen MR) is 132 cm³/mol. The number of para-hydroxylation sites is 1. The van der Waals surface area contributed by atoms with Crippen LogP contribution in [-0.4, -0.2) is 24.4 Å². The van der Waals surface area contributed by atoms with Gasteiger partial charge in [0.05, 0.1) is 17.1 Å². The van der Waals surface area contributed by atoms with Crippen LogP contribution < -0.4 is 15.4 Å². The van der Waals surface area contributed by atoms with Crippen LogP contribution in [0.25, 0.3) is 0 Å². The van der Waals surface area contributed by atoms with Gasteiger partial charge in [-0.25, -0.2) is 0 Å². The van der Waals surface area contributed by atoms with Crippen molar-refractivity contribution < 1.29 is 23.9 Å². The van der Waals surface area contributed by atoms with E-state index in [1.165, 1.54) is 12.1 Å². The molecule has 34 heavy (non-hydrogen) atoms. The summed E-state index contributed by atoms with van der Waals surface area (Å²) in [7, 11) is 0. The molecule has 0 spiro atoms. The van der Waals surface area contributed by atoms with Crippen molar-refractivity contribution in [3.63, 3.8) is 0 Å². The molecule has 0 bridgehead atoms. The molecule has 0 saturated heterocycles. The van der Waals surface area contributed by atoms with E-state index in [0.717, 1.165) is 11.3 Å². The molecule has 0 radical (unpaired) electrons. The van der Waals surface area contributed by atoms with E-state index in [1.54, 1.807) is 30.3 Å². The van der Waals surface area contributed by atoms with E-state index < -0.39 is 18.5 Å². The minimum atomic E-state index is -0.676. The van der Waals surface area contributed by atoms with Gasteiger partial charge in [-0.2, -0.15) is 0 Å². The fraction of sp³-hybridized carbons (Fsp3) is 0.160. The van der Waals surface area contributed by atoms with E-state index in [-0.39, 0.29) is 18.7 Å². The Kier molecular flexibility index (Phi) is 8.90. The van der Waals surface area contributed by atoms with Gasteiger partial charge in [0.1, 0.15) is 11.5 Å². The Balaban J connectivity index is 1.38. The number of anilines is 2. The first-order valence-electron chi connectivity index (χ1n) is 10.3. The molecular formula is C25H22Cl2N2O5. The SMILES string of the molecule is Cc1ccccc1Oc1ccc(NC(=O)CCC(=O)OCC(=O)Nc2cc(Cl)ccc2Cl)cc1. The molecule has 0 fully saturated rings. The van der Waals surface area contributed by atoms with E-state index in [9.17, 15) is 14.4 Å². The molecule has 0 aliphatic heterocycles. The lowest BCUT2D eigenvalue weighted by Gasteiger charge is -2.10. The summed E-state index contributed by atoms with van der Waals surface area (Å²) in [4.78, 5) is 35.9. The van der Waals surface area contributed by atoms with Gasteiger partial charge in [-0.1, -0.05) is 41.4 Å². The molecule has 3 rings (SSSR count). The predicted octanol–water partition coefficient (Wildman–Crippen LogP) is 5.99. The molecule has 0 heterocycles. The van der Waals surface area contributed by atoms with Crippen molar-refractivity contribution in [3.05, 3.63) is 82.3 Å². The molecule has 0 saturated carbocycles. The van der Waals surface area contributed by atoms with Crippen LogP contribution in [0, 0.1) is 6.92 Å². The Morgan fingerprint density at radius 2 is 1.59 bits per heavy atom. The number of hydrogen-bond donors (Lipinski definition) is 2. The first-order valence-corrected chi connectivity index (χ1v) is 11.1. The van der Waals surface area contributed by atoms with Crippen LogP contribution in [0.5, 0.6) is 11.5 Å². The van der Waals surface area contributed by atoms with Gasteiger partial charge in [0.15, 0.2) is 6.61 Å². The highest BCUT2D eigenvalue weighted by Gasteiger charge is 2.12. The second kappa shape index (κ2) is 12.1. The zero-order chi connectivity index (χ0) is 24.5. The molecule has 2 amide bonds. The maximum Gasteiger partial charge on any atom is 0.306 e. The zero-order valence-electron chi connectivity index (χ0n) is 18.3. The third kappa shape index (κ3) is 7.79. The van der Waals surface area contributed by atoms with Gasteiger partial charge in [0.2, 0.25) is 5.91 Å². The van der Waals surface area contributed by atoms with E-state index in [1.807, 2.05) is 31.2 Å². The smallest absolute Gasteiger partial charge is 0.306 e. The Morgan fingerprint density at radius 1 is 0.853 bits per heavy atom. The number of ether oxygens (including phenoxy) is 2. The fourth-order valence-electron chi connectivity index (χ4n) is 2.84. The molecule has 0 unspecified atom stereocenters. The zero-order valence-corrected chi connectivity index (χ0v) is 19.8. The lowest BCUT2D eigenvalue weighted by Crippen LogP contribution is -2.22. The average molecular weight is 501 g/mol. The average Bonchev–Trinajstić information content (AvgIpc) is 2.81. The van der Waals surface area contributed by atoms with Gasteiger partial charge in [0.25, 0.3) is 5.91 Å². The van der Waals surface area contributed by atoms with Crippen LogP contribution in [0.3, 0.4) is 0 Å². The number of carbonyl (C=O) groups excluding carboxylic acids is 3. The maximum absolute atomic E-state index is 12.1. The fourth-order valence-corrected chi connectivity index (χ4v) is 3.18. The molecule has 7 nitrogen and oxygen atoms in total. The minimum Gasteiger partial charge on any atom is -0.457 e. The summed E-state index contributed by atoms with van der Waals surface area (Å²) in [6, 6.07) is 19.1. The first kappa shape index (κ1) is 25.1. The molecule has 0 aliphatic carbocycles. The summed E-state index contributed by atoms with van der Waals surface area (Å²) in [5.41, 5.74) is 1.88. The lowest BCUT2D eigenvalue weighted by atomic mass is 10.2. The summed E-state index contributed by atoms with van der Waals surface area (Å²) < 4.78 is 10.7. The summed E-state index contributed by atoms with van der Waals surface area (Å²) in [6.45, 7) is 1.45. The summed E-state index contributed by atoms with van der Waals surface area (Å²) >= 11 is 11.8. The number of halogens is 2. The Morgan fingerprint density at radius 3 is 2.32 bits per heavy atom. The first-order chi connectivity index (χ1) is 16.3. The Bertz CT molecular complexity index is 1180. The number of rotatable bonds is 9. The highest BCUT2D eigenvalue weighted by molar-refractivity contribution is 6.35. The van der Waals surface area contributed by atoms with Gasteiger partial charge < -0.3 is 20.1 Å². The second-order valence-corrected chi connectivity index (χ2v) is 8.12. The van der Waals surface area contributed by atoms with Crippen LogP contribution in [-0.2, 0) is 19.1 Å². The van der Waals surface area contributed by atoms with Gasteiger partial charge >= 0.3 is 5.97 Å². The van der Waals surface area contributed by atoms with Crippen molar-refractivity contribution in [3.8, 4) is 11.5 Å². The van der Waals surface area contributed by atoms with Crippen molar-refractivity contribution in [1.29, 1.82) is 0 Å². The normalized spacial score (nSPS) is 10.3. The Labute approximate surface area is 207 Å². The standard InChI is InChI=1S/C25H22Cl2N2O5/c1-16-4-2-3-5-22(16)34-19-9-7-18(8-10-19)28-23(30)12-13-25(32)33-15-24(31)29-21-14-17(26)6-11-20(21)27/h2-11,14H,12-13,15H2,1H3,(H,28,30)(H,29,31). The van der Waals surface area contributed by atoms with Crippen molar-refractivity contribution in [2.45, 2.75) is 19.8 Å². The summed E-state index contributed by atoms with van der Waals surface area (Å²) in [5.74, 6) is -0.227. The third-order valence-corrected chi connectivity index (χ3v) is 5.15. The van der Waals surface area contributed by atoms with Crippen molar-refractivity contribution >= 4 is 52.4 Å². The van der Waals surface area contributed by atoms with E-state index in [0.29, 0.717) is 27.2 Å². The number of benzene rings is 3. The molecule has 0 aromatic heterocycles. The largest absolute Gasteiger partial charge is 0.457 e. The van der Waals surface area contributed by atoms with Gasteiger partial charge in [0, 0.05) is 17.1 Å². The van der Waals surface area contributed by atoms with Crippen molar-refractivity contribution in [2.75, 3.05) is 17.2 Å². The number of carbonyl (C=O) groups is 3. The van der Waals surface area contributed by atoms with E-state index in [2.05, 4.69) is 10.6 Å². The van der Waals surface area contributed by atoms with Crippen LogP contribution in [0.15, 0.2) is 66.7 Å². The second-order valence-electron chi connectivity index (χ2n) is 7.27. The quantitative estimate of drug-likeness (QED) is 0.351.